The van der Waals surface area contributed by atoms with Crippen LogP contribution in [0.4, 0.5) is 0 Å². The molecule has 2 heteroatoms. The van der Waals surface area contributed by atoms with Crippen LogP contribution < -0.4 is 0 Å². The lowest BCUT2D eigenvalue weighted by atomic mass is 10.0. The zero-order valence-electron chi connectivity index (χ0n) is 14.5. The first-order chi connectivity index (χ1) is 10.3. The van der Waals surface area contributed by atoms with E-state index in [2.05, 4.69) is 6.92 Å². The van der Waals surface area contributed by atoms with Gasteiger partial charge >= 0.3 is 0 Å². The topological polar surface area (TPSA) is 40.5 Å². The van der Waals surface area contributed by atoms with Crippen molar-refractivity contribution in [2.24, 2.45) is 0 Å². The molecule has 0 saturated carbocycles. The summed E-state index contributed by atoms with van der Waals surface area (Å²) in [5.74, 6) is 0. The second-order valence-corrected chi connectivity index (χ2v) is 6.57. The molecule has 0 bridgehead atoms. The Morgan fingerprint density at radius 1 is 0.476 bits per heavy atom. The Balaban J connectivity index is 2.93. The van der Waals surface area contributed by atoms with Gasteiger partial charge in [-0.2, -0.15) is 0 Å². The van der Waals surface area contributed by atoms with Crippen molar-refractivity contribution < 1.29 is 10.2 Å². The number of aliphatic hydroxyl groups excluding tert-OH is 1. The van der Waals surface area contributed by atoms with Crippen molar-refractivity contribution in [2.45, 2.75) is 122 Å². The predicted molar refractivity (Wildman–Crippen MR) is 92.4 cm³/mol. The van der Waals surface area contributed by atoms with Crippen LogP contribution in [0.5, 0.6) is 0 Å². The van der Waals surface area contributed by atoms with E-state index in [4.69, 9.17) is 10.2 Å². The van der Waals surface area contributed by atoms with E-state index in [-0.39, 0.29) is 0 Å². The summed E-state index contributed by atoms with van der Waals surface area (Å²) in [6, 6.07) is 0. The maximum absolute atomic E-state index is 8.72. The molecule has 2 nitrogen and oxygen atoms in total. The Morgan fingerprint density at radius 2 is 0.762 bits per heavy atom. The summed E-state index contributed by atoms with van der Waals surface area (Å²) in [5.41, 5.74) is 0. The van der Waals surface area contributed by atoms with Crippen LogP contribution in [0.1, 0.15) is 116 Å². The maximum Gasteiger partial charge on any atom is 0.151 e. The molecule has 2 N–H and O–H groups in total. The summed E-state index contributed by atoms with van der Waals surface area (Å²) in [4.78, 5) is 0. The molecular weight excluding hydrogens is 260 g/mol. The van der Waals surface area contributed by atoms with E-state index in [9.17, 15) is 0 Å². The van der Waals surface area contributed by atoms with Crippen molar-refractivity contribution in [1.29, 1.82) is 0 Å². The predicted octanol–water partition coefficient (Wildman–Crippen LogP) is 5.95. The highest BCUT2D eigenvalue weighted by Crippen LogP contribution is 2.14. The third-order valence-corrected chi connectivity index (χ3v) is 4.32. The number of unbranched alkanes of at least 4 members (excludes halogenated alkanes) is 15. The number of hydrogen-bond donors (Lipinski definition) is 2. The fourth-order valence-corrected chi connectivity index (χ4v) is 2.88. The first-order valence-corrected chi connectivity index (χ1v) is 9.63. The van der Waals surface area contributed by atoms with Crippen LogP contribution in [0, 0.1) is 0 Å². The molecule has 0 fully saturated rings. The standard InChI is InChI=1S/C19H40O2/c1-2-3-4-5-6-7-8-9-10-11-12-13-14-15-16-17-18-19(20)21/h19-21H,2-18H2,1H3. The van der Waals surface area contributed by atoms with E-state index in [0.29, 0.717) is 6.42 Å². The fourth-order valence-electron chi connectivity index (χ4n) is 2.88. The van der Waals surface area contributed by atoms with Crippen LogP contribution in [0.2, 0.25) is 0 Å². The fraction of sp³-hybridized carbons (Fsp3) is 1.00. The molecule has 0 unspecified atom stereocenters. The summed E-state index contributed by atoms with van der Waals surface area (Å²) < 4.78 is 0. The summed E-state index contributed by atoms with van der Waals surface area (Å²) in [7, 11) is 0. The first kappa shape index (κ1) is 20.9. The highest BCUT2D eigenvalue weighted by Gasteiger charge is 1.97. The lowest BCUT2D eigenvalue weighted by Gasteiger charge is -2.04. The van der Waals surface area contributed by atoms with E-state index in [0.717, 1.165) is 12.8 Å². The summed E-state index contributed by atoms with van der Waals surface area (Å²) in [6.07, 6.45) is 21.1. The van der Waals surface area contributed by atoms with Crippen molar-refractivity contribution in [3.63, 3.8) is 0 Å². The molecule has 21 heavy (non-hydrogen) atoms. The molecule has 0 saturated heterocycles. The Hall–Kier alpha value is -0.0800. The summed E-state index contributed by atoms with van der Waals surface area (Å²) in [5, 5.41) is 17.4. The lowest BCUT2D eigenvalue weighted by Crippen LogP contribution is -2.02. The van der Waals surface area contributed by atoms with Crippen LogP contribution >= 0.6 is 0 Å². The Bertz CT molecular complexity index is 180. The molecule has 0 atom stereocenters. The molecular formula is C19H40O2. The van der Waals surface area contributed by atoms with Crippen molar-refractivity contribution in [1.82, 2.24) is 0 Å². The van der Waals surface area contributed by atoms with Crippen molar-refractivity contribution in [3.8, 4) is 0 Å². The normalized spacial score (nSPS) is 11.4. The highest BCUT2D eigenvalue weighted by molar-refractivity contribution is 4.50. The van der Waals surface area contributed by atoms with Crippen molar-refractivity contribution >= 4 is 0 Å². The molecule has 0 aromatic carbocycles. The molecule has 0 aromatic rings. The van der Waals surface area contributed by atoms with Crippen LogP contribution in [0.25, 0.3) is 0 Å². The van der Waals surface area contributed by atoms with Crippen LogP contribution in [0.15, 0.2) is 0 Å². The van der Waals surface area contributed by atoms with E-state index >= 15 is 0 Å². The van der Waals surface area contributed by atoms with Gasteiger partial charge in [0.15, 0.2) is 6.29 Å². The average Bonchev–Trinajstić information content (AvgIpc) is 2.46. The van der Waals surface area contributed by atoms with Crippen LogP contribution in [-0.2, 0) is 0 Å². The average molecular weight is 301 g/mol. The SMILES string of the molecule is CCCCCCCCCCCCCCCCCCC(O)O. The van der Waals surface area contributed by atoms with Crippen LogP contribution in [0.3, 0.4) is 0 Å². The second-order valence-electron chi connectivity index (χ2n) is 6.57. The molecule has 0 aliphatic rings. The summed E-state index contributed by atoms with van der Waals surface area (Å²) >= 11 is 0. The van der Waals surface area contributed by atoms with E-state index in [1.54, 1.807) is 0 Å². The van der Waals surface area contributed by atoms with Gasteiger partial charge in [0.25, 0.3) is 0 Å². The quantitative estimate of drug-likeness (QED) is 0.257. The lowest BCUT2D eigenvalue weighted by molar-refractivity contribution is -0.0466. The highest BCUT2D eigenvalue weighted by atomic mass is 16.5. The van der Waals surface area contributed by atoms with Gasteiger partial charge in [0.05, 0.1) is 0 Å². The second kappa shape index (κ2) is 18.0. The largest absolute Gasteiger partial charge is 0.368 e. The van der Waals surface area contributed by atoms with Gasteiger partial charge in [-0.15, -0.1) is 0 Å². The third-order valence-electron chi connectivity index (χ3n) is 4.32. The van der Waals surface area contributed by atoms with E-state index < -0.39 is 6.29 Å². The molecule has 0 rings (SSSR count). The molecule has 0 heterocycles. The smallest absolute Gasteiger partial charge is 0.151 e. The molecule has 0 aliphatic carbocycles. The molecule has 0 aromatic heterocycles. The first-order valence-electron chi connectivity index (χ1n) is 9.63. The van der Waals surface area contributed by atoms with Gasteiger partial charge < -0.3 is 10.2 Å². The number of hydrogen-bond acceptors (Lipinski definition) is 2. The molecule has 128 valence electrons. The molecule has 0 amide bonds. The van der Waals surface area contributed by atoms with Gasteiger partial charge in [-0.25, -0.2) is 0 Å². The molecule has 0 aliphatic heterocycles. The van der Waals surface area contributed by atoms with Gasteiger partial charge in [-0.05, 0) is 12.8 Å². The monoisotopic (exact) mass is 300 g/mol. The number of rotatable bonds is 17. The molecule has 0 radical (unpaired) electrons. The Kier molecular flexibility index (Phi) is 17.9. The van der Waals surface area contributed by atoms with Crippen LogP contribution in [-0.4, -0.2) is 16.5 Å². The van der Waals surface area contributed by atoms with E-state index in [1.165, 1.54) is 89.9 Å². The van der Waals surface area contributed by atoms with Gasteiger partial charge in [-0.1, -0.05) is 103 Å². The van der Waals surface area contributed by atoms with Gasteiger partial charge in [-0.3, -0.25) is 0 Å². The minimum absolute atomic E-state index is 0.540. The summed E-state index contributed by atoms with van der Waals surface area (Å²) in [6.45, 7) is 2.28. The minimum Gasteiger partial charge on any atom is -0.368 e. The third kappa shape index (κ3) is 19.9. The van der Waals surface area contributed by atoms with Gasteiger partial charge in [0.1, 0.15) is 0 Å². The van der Waals surface area contributed by atoms with Crippen molar-refractivity contribution in [3.05, 3.63) is 0 Å². The van der Waals surface area contributed by atoms with Crippen molar-refractivity contribution in [2.75, 3.05) is 0 Å². The minimum atomic E-state index is -1.10. The van der Waals surface area contributed by atoms with Gasteiger partial charge in [0.2, 0.25) is 0 Å². The Labute approximate surface area is 133 Å². The zero-order chi connectivity index (χ0) is 15.6. The maximum atomic E-state index is 8.72. The Morgan fingerprint density at radius 3 is 1.05 bits per heavy atom. The molecule has 0 spiro atoms. The number of aliphatic hydroxyl groups is 2. The van der Waals surface area contributed by atoms with E-state index in [1.807, 2.05) is 0 Å². The zero-order valence-corrected chi connectivity index (χ0v) is 14.5. The van der Waals surface area contributed by atoms with Gasteiger partial charge in [0, 0.05) is 0 Å².